The lowest BCUT2D eigenvalue weighted by Crippen LogP contribution is -2.46. The third-order valence-electron chi connectivity index (χ3n) is 6.35. The summed E-state index contributed by atoms with van der Waals surface area (Å²) < 4.78 is 57.0. The van der Waals surface area contributed by atoms with E-state index in [1.54, 1.807) is 30.3 Å². The first-order valence-corrected chi connectivity index (χ1v) is 13.5. The normalized spacial score (nSPS) is 18.3. The first-order valence-electron chi connectivity index (χ1n) is 12.0. The highest BCUT2D eigenvalue weighted by molar-refractivity contribution is 7.89. The van der Waals surface area contributed by atoms with Crippen molar-refractivity contribution in [2.24, 2.45) is 10.7 Å². The molecule has 40 heavy (non-hydrogen) atoms. The summed E-state index contributed by atoms with van der Waals surface area (Å²) in [4.78, 5) is 15.9. The molecule has 0 bridgehead atoms. The van der Waals surface area contributed by atoms with Crippen molar-refractivity contribution in [3.05, 3.63) is 112 Å². The monoisotopic (exact) mass is 585 g/mol. The summed E-state index contributed by atoms with van der Waals surface area (Å²) in [6.45, 7) is 1.27. The van der Waals surface area contributed by atoms with Crippen LogP contribution in [0.5, 0.6) is 0 Å². The van der Waals surface area contributed by atoms with E-state index in [0.717, 1.165) is 0 Å². The minimum absolute atomic E-state index is 0. The Kier molecular flexibility index (Phi) is 8.38. The van der Waals surface area contributed by atoms with Crippen molar-refractivity contribution >= 4 is 46.1 Å². The molecule has 3 aromatic rings. The van der Waals surface area contributed by atoms with E-state index in [9.17, 15) is 22.0 Å². The number of amides is 1. The molecule has 0 spiro atoms. The summed E-state index contributed by atoms with van der Waals surface area (Å²) in [6, 6.07) is 16.9. The Labute approximate surface area is 236 Å². The Morgan fingerprint density at radius 3 is 2.38 bits per heavy atom. The maximum Gasteiger partial charge on any atom is 0.243 e. The van der Waals surface area contributed by atoms with Gasteiger partial charge in [-0.1, -0.05) is 24.3 Å². The minimum atomic E-state index is -4.03. The van der Waals surface area contributed by atoms with Crippen molar-refractivity contribution in [2.45, 2.75) is 17.9 Å². The Morgan fingerprint density at radius 2 is 1.73 bits per heavy atom. The zero-order valence-electron chi connectivity index (χ0n) is 21.3. The summed E-state index contributed by atoms with van der Waals surface area (Å²) in [7, 11) is -4.03. The van der Waals surface area contributed by atoms with Crippen LogP contribution >= 0.6 is 12.4 Å². The second-order valence-corrected chi connectivity index (χ2v) is 11.1. The summed E-state index contributed by atoms with van der Waals surface area (Å²) in [6.07, 6.45) is 1.69. The molecular weight excluding hydrogens is 560 g/mol. The van der Waals surface area contributed by atoms with Crippen LogP contribution in [0.25, 0.3) is 6.08 Å². The van der Waals surface area contributed by atoms with Gasteiger partial charge in [0.25, 0.3) is 0 Å². The SMILES string of the molecule is CC(=O)Nc1ccc(S(=O)(=O)N2CC3=C(NC(N)=NC3c3cccc(F)c3)/C(=C/c3cccc(F)c3)C2)cc1.Cl. The predicted molar refractivity (Wildman–Crippen MR) is 152 cm³/mol. The smallest absolute Gasteiger partial charge is 0.243 e. The van der Waals surface area contributed by atoms with Gasteiger partial charge in [0.1, 0.15) is 17.7 Å². The van der Waals surface area contributed by atoms with Gasteiger partial charge in [-0.2, -0.15) is 4.31 Å². The van der Waals surface area contributed by atoms with E-state index in [4.69, 9.17) is 5.73 Å². The zero-order valence-corrected chi connectivity index (χ0v) is 22.9. The molecule has 12 heteroatoms. The number of sulfonamides is 1. The van der Waals surface area contributed by atoms with Crippen LogP contribution in [0, 0.1) is 11.6 Å². The topological polar surface area (TPSA) is 117 Å². The molecule has 4 N–H and O–H groups in total. The molecule has 2 heterocycles. The van der Waals surface area contributed by atoms with Crippen LogP contribution in [0.3, 0.4) is 0 Å². The van der Waals surface area contributed by atoms with Crippen molar-refractivity contribution in [2.75, 3.05) is 18.4 Å². The molecule has 2 aliphatic heterocycles. The Balaban J connectivity index is 0.00000370. The molecule has 0 fully saturated rings. The maximum absolute atomic E-state index is 14.2. The zero-order chi connectivity index (χ0) is 27.7. The van der Waals surface area contributed by atoms with Crippen LogP contribution < -0.4 is 16.4 Å². The number of hydrogen-bond acceptors (Lipinski definition) is 6. The van der Waals surface area contributed by atoms with Gasteiger partial charge in [0.15, 0.2) is 5.96 Å². The maximum atomic E-state index is 14.2. The minimum Gasteiger partial charge on any atom is -0.370 e. The quantitative estimate of drug-likeness (QED) is 0.412. The molecule has 0 radical (unpaired) electrons. The first-order chi connectivity index (χ1) is 18.6. The number of hydrogen-bond donors (Lipinski definition) is 3. The van der Waals surface area contributed by atoms with Gasteiger partial charge in [-0.15, -0.1) is 12.4 Å². The van der Waals surface area contributed by atoms with Crippen molar-refractivity contribution in [1.29, 1.82) is 0 Å². The molecule has 208 valence electrons. The number of guanidine groups is 1. The van der Waals surface area contributed by atoms with Gasteiger partial charge < -0.3 is 16.4 Å². The molecule has 5 rings (SSSR count). The fourth-order valence-electron chi connectivity index (χ4n) is 4.66. The molecule has 1 amide bonds. The van der Waals surface area contributed by atoms with E-state index < -0.39 is 27.7 Å². The molecule has 0 aliphatic carbocycles. The average molecular weight is 586 g/mol. The predicted octanol–water partition coefficient (Wildman–Crippen LogP) is 4.35. The number of benzene rings is 3. The summed E-state index contributed by atoms with van der Waals surface area (Å²) in [5.74, 6) is -1.08. The number of carbonyl (C=O) groups is 1. The van der Waals surface area contributed by atoms with Crippen LogP contribution in [0.1, 0.15) is 24.1 Å². The van der Waals surface area contributed by atoms with E-state index in [1.807, 2.05) is 0 Å². The number of nitrogens with one attached hydrogen (secondary N) is 2. The number of aliphatic imine (C=N–C) groups is 1. The Bertz CT molecular complexity index is 1660. The van der Waals surface area contributed by atoms with Crippen molar-refractivity contribution in [3.63, 3.8) is 0 Å². The van der Waals surface area contributed by atoms with E-state index in [1.165, 1.54) is 59.8 Å². The third kappa shape index (κ3) is 6.06. The highest BCUT2D eigenvalue weighted by atomic mass is 35.5. The van der Waals surface area contributed by atoms with Crippen LogP contribution in [-0.2, 0) is 14.8 Å². The second-order valence-electron chi connectivity index (χ2n) is 9.20. The molecule has 1 unspecified atom stereocenters. The number of anilines is 1. The van der Waals surface area contributed by atoms with Gasteiger partial charge in [0.05, 0.1) is 4.90 Å². The van der Waals surface area contributed by atoms with Gasteiger partial charge in [-0.3, -0.25) is 4.79 Å². The lowest BCUT2D eigenvalue weighted by Gasteiger charge is -2.37. The van der Waals surface area contributed by atoms with Crippen molar-refractivity contribution in [1.82, 2.24) is 9.62 Å². The van der Waals surface area contributed by atoms with Crippen LogP contribution in [0.4, 0.5) is 14.5 Å². The number of carbonyl (C=O) groups excluding carboxylic acids is 1. The van der Waals surface area contributed by atoms with Crippen LogP contribution in [-0.4, -0.2) is 37.7 Å². The number of halogens is 3. The lowest BCUT2D eigenvalue weighted by atomic mass is 9.90. The van der Waals surface area contributed by atoms with Gasteiger partial charge in [-0.25, -0.2) is 22.2 Å². The average Bonchev–Trinajstić information content (AvgIpc) is 2.88. The number of nitrogens with two attached hydrogens (primary N) is 1. The summed E-state index contributed by atoms with van der Waals surface area (Å²) in [5, 5.41) is 5.66. The number of rotatable bonds is 5. The molecule has 0 aromatic heterocycles. The van der Waals surface area contributed by atoms with E-state index in [0.29, 0.717) is 33.7 Å². The molecule has 2 aliphatic rings. The summed E-state index contributed by atoms with van der Waals surface area (Å²) in [5.41, 5.74) is 9.29. The summed E-state index contributed by atoms with van der Waals surface area (Å²) >= 11 is 0. The highest BCUT2D eigenvalue weighted by Gasteiger charge is 2.37. The van der Waals surface area contributed by atoms with Crippen LogP contribution in [0.2, 0.25) is 0 Å². The lowest BCUT2D eigenvalue weighted by molar-refractivity contribution is -0.114. The highest BCUT2D eigenvalue weighted by Crippen LogP contribution is 2.38. The van der Waals surface area contributed by atoms with E-state index in [2.05, 4.69) is 15.6 Å². The van der Waals surface area contributed by atoms with Gasteiger partial charge in [-0.05, 0) is 76.9 Å². The third-order valence-corrected chi connectivity index (χ3v) is 8.16. The van der Waals surface area contributed by atoms with Crippen LogP contribution in [0.15, 0.2) is 99.5 Å². The fourth-order valence-corrected chi connectivity index (χ4v) is 6.06. The molecule has 0 saturated heterocycles. The Hall–Kier alpha value is -4.06. The molecule has 8 nitrogen and oxygen atoms in total. The second kappa shape index (κ2) is 11.6. The first kappa shape index (κ1) is 28.9. The standard InChI is InChI=1S/C28H25F2N5O3S.ClH/c1-17(36)32-23-8-10-24(11-9-23)39(37,38)35-15-20(12-18-4-2-6-21(29)13-18)27-25(16-35)26(33-28(31)34-27)19-5-3-7-22(30)14-19;/h2-14,26H,15-16H2,1H3,(H,32,36)(H3,31,33,34);1H/b20-12+;. The van der Waals surface area contributed by atoms with Crippen molar-refractivity contribution < 1.29 is 22.0 Å². The fraction of sp³-hybridized carbons (Fsp3) is 0.143. The van der Waals surface area contributed by atoms with Crippen molar-refractivity contribution in [3.8, 4) is 0 Å². The molecule has 1 atom stereocenters. The van der Waals surface area contributed by atoms with E-state index in [-0.39, 0.29) is 42.3 Å². The molecule has 3 aromatic carbocycles. The van der Waals surface area contributed by atoms with E-state index >= 15 is 0 Å². The Morgan fingerprint density at radius 1 is 1.05 bits per heavy atom. The molecule has 0 saturated carbocycles. The van der Waals surface area contributed by atoms with Gasteiger partial charge in [0, 0.05) is 31.4 Å². The van der Waals surface area contributed by atoms with Gasteiger partial charge in [0.2, 0.25) is 15.9 Å². The number of nitrogens with zero attached hydrogens (tertiary/aromatic N) is 2. The van der Waals surface area contributed by atoms with Gasteiger partial charge >= 0.3 is 0 Å². The largest absolute Gasteiger partial charge is 0.370 e. The molecular formula is C28H26ClF2N5O3S.